The summed E-state index contributed by atoms with van der Waals surface area (Å²) in [4.78, 5) is 57.6. The average molecular weight is 525 g/mol. The summed E-state index contributed by atoms with van der Waals surface area (Å²) >= 11 is 0. The summed E-state index contributed by atoms with van der Waals surface area (Å²) in [5, 5.41) is 39.9. The van der Waals surface area contributed by atoms with Crippen LogP contribution in [0.3, 0.4) is 0 Å². The number of aromatic nitrogens is 2. The third-order valence-corrected chi connectivity index (χ3v) is 6.51. The second-order valence-corrected chi connectivity index (χ2v) is 9.03. The molecule has 1 aliphatic heterocycles. The third kappa shape index (κ3) is 5.15. The highest BCUT2D eigenvalue weighted by Crippen LogP contribution is 2.46. The molecule has 0 aliphatic carbocycles. The van der Waals surface area contributed by atoms with E-state index in [4.69, 9.17) is 5.11 Å². The molecule has 2 heterocycles. The smallest absolute Gasteiger partial charge is 0.327 e. The van der Waals surface area contributed by atoms with Crippen molar-refractivity contribution in [1.82, 2.24) is 9.97 Å². The Bertz CT molecular complexity index is 1450. The Balaban J connectivity index is 1.83. The van der Waals surface area contributed by atoms with Gasteiger partial charge in [0.1, 0.15) is 36.1 Å². The largest absolute Gasteiger partial charge is 0.394 e. The molecule has 200 valence electrons. The van der Waals surface area contributed by atoms with Crippen LogP contribution in [-0.4, -0.2) is 80.5 Å². The second-order valence-electron chi connectivity index (χ2n) is 9.03. The first-order valence-electron chi connectivity index (χ1n) is 11.9. The van der Waals surface area contributed by atoms with Crippen LogP contribution >= 0.6 is 0 Å². The number of nitrogens with one attached hydrogen (secondary N) is 2. The van der Waals surface area contributed by atoms with Crippen molar-refractivity contribution >= 4 is 34.9 Å². The van der Waals surface area contributed by atoms with E-state index >= 15 is 0 Å². The van der Waals surface area contributed by atoms with Crippen molar-refractivity contribution in [2.24, 2.45) is 0 Å². The van der Waals surface area contributed by atoms with Crippen molar-refractivity contribution in [3.05, 3.63) is 80.0 Å². The Kier molecular flexibility index (Phi) is 7.88. The zero-order valence-corrected chi connectivity index (χ0v) is 20.5. The molecule has 2 aromatic carbocycles. The van der Waals surface area contributed by atoms with Gasteiger partial charge in [-0.25, -0.2) is 4.79 Å². The normalized spacial score (nSPS) is 14.9. The molecule has 0 saturated heterocycles. The fourth-order valence-corrected chi connectivity index (χ4v) is 4.47. The van der Waals surface area contributed by atoms with E-state index in [0.717, 1.165) is 0 Å². The lowest BCUT2D eigenvalue weighted by Crippen LogP contribution is -2.47. The number of aromatic amines is 2. The summed E-state index contributed by atoms with van der Waals surface area (Å²) in [6.07, 6.45) is -4.38. The molecule has 3 atom stereocenters. The molecule has 1 aromatic heterocycles. The van der Waals surface area contributed by atoms with Crippen molar-refractivity contribution in [1.29, 1.82) is 0 Å². The number of rotatable bonds is 10. The van der Waals surface area contributed by atoms with Gasteiger partial charge in [0, 0.05) is 24.1 Å². The van der Waals surface area contributed by atoms with Crippen LogP contribution in [0.5, 0.6) is 0 Å². The number of β-amino-alcohol motifs (C(OH)–C–C–N with tert-alkyl or cyclic N) is 1. The topological polar surface area (TPSA) is 187 Å². The lowest BCUT2D eigenvalue weighted by atomic mass is 10.0. The molecule has 0 bridgehead atoms. The molecule has 0 amide bonds. The highest BCUT2D eigenvalue weighted by molar-refractivity contribution is 5.98. The molecule has 12 nitrogen and oxygen atoms in total. The maximum atomic E-state index is 13.1. The summed E-state index contributed by atoms with van der Waals surface area (Å²) in [6.45, 7) is 0.519. The van der Waals surface area contributed by atoms with E-state index in [2.05, 4.69) is 9.97 Å². The molecule has 4 rings (SSSR count). The molecule has 0 saturated carbocycles. The minimum absolute atomic E-state index is 0.0133. The molecule has 3 aromatic rings. The van der Waals surface area contributed by atoms with Crippen LogP contribution in [0, 0.1) is 6.92 Å². The number of benzene rings is 2. The number of hydrogen-bond acceptors (Lipinski definition) is 10. The number of H-pyrrole nitrogens is 2. The Morgan fingerprint density at radius 3 is 2.34 bits per heavy atom. The summed E-state index contributed by atoms with van der Waals surface area (Å²) in [6, 6.07) is 11.8. The molecule has 0 radical (unpaired) electrons. The van der Waals surface area contributed by atoms with E-state index in [0.29, 0.717) is 34.4 Å². The Labute approximate surface area is 216 Å². The number of fused-ring (bicyclic) bond motifs is 2. The maximum Gasteiger partial charge on any atom is 0.327 e. The molecule has 38 heavy (non-hydrogen) atoms. The van der Waals surface area contributed by atoms with Gasteiger partial charge >= 0.3 is 5.69 Å². The zero-order valence-electron chi connectivity index (χ0n) is 20.5. The zero-order chi connectivity index (χ0) is 27.6. The van der Waals surface area contributed by atoms with Crippen molar-refractivity contribution in [3.63, 3.8) is 0 Å². The summed E-state index contributed by atoms with van der Waals surface area (Å²) in [5.41, 5.74) is 0.500. The van der Waals surface area contributed by atoms with Gasteiger partial charge in [0.15, 0.2) is 5.78 Å². The van der Waals surface area contributed by atoms with E-state index in [1.807, 2.05) is 0 Å². The van der Waals surface area contributed by atoms with Gasteiger partial charge in [0.25, 0.3) is 5.56 Å². The van der Waals surface area contributed by atoms with E-state index in [1.54, 1.807) is 48.2 Å². The number of anilines is 4. The quantitative estimate of drug-likeness (QED) is 0.157. The fraction of sp³-hybridized carbons (Fsp3) is 0.308. The first-order chi connectivity index (χ1) is 18.2. The molecule has 0 fully saturated rings. The molecule has 0 unspecified atom stereocenters. The van der Waals surface area contributed by atoms with Gasteiger partial charge in [0.2, 0.25) is 0 Å². The van der Waals surface area contributed by atoms with Gasteiger partial charge in [-0.3, -0.25) is 24.4 Å². The van der Waals surface area contributed by atoms with Crippen molar-refractivity contribution in [3.8, 4) is 0 Å². The molecule has 1 aliphatic rings. The molecular formula is C26H28N4O8. The van der Waals surface area contributed by atoms with E-state index < -0.39 is 42.7 Å². The van der Waals surface area contributed by atoms with Crippen LogP contribution in [0.2, 0.25) is 0 Å². The Hall–Kier alpha value is -4.10. The van der Waals surface area contributed by atoms with Gasteiger partial charge in [-0.05, 0) is 24.6 Å². The van der Waals surface area contributed by atoms with E-state index in [-0.39, 0.29) is 30.3 Å². The van der Waals surface area contributed by atoms with Crippen LogP contribution in [0.25, 0.3) is 0 Å². The van der Waals surface area contributed by atoms with Gasteiger partial charge in [0.05, 0.1) is 24.5 Å². The number of aliphatic hydroxyl groups is 4. The first-order valence-corrected chi connectivity index (χ1v) is 11.9. The van der Waals surface area contributed by atoms with Crippen LogP contribution in [0.1, 0.15) is 32.7 Å². The molecular weight excluding hydrogens is 496 g/mol. The minimum Gasteiger partial charge on any atom is -0.394 e. The van der Waals surface area contributed by atoms with Crippen LogP contribution < -0.4 is 21.0 Å². The highest BCUT2D eigenvalue weighted by Gasteiger charge is 2.36. The minimum atomic E-state index is -1.75. The maximum absolute atomic E-state index is 13.1. The second kappa shape index (κ2) is 11.1. The van der Waals surface area contributed by atoms with E-state index in [9.17, 15) is 34.5 Å². The SMILES string of the molecule is Cc1cc2c(cc1C=O)N(C[C@@H](O)[C@@H](O)[C@@H](O)CO)c1[nH]c(=O)[nH]c(=O)c1N2CCC(=O)c1ccccc1. The van der Waals surface area contributed by atoms with Gasteiger partial charge in [-0.1, -0.05) is 30.3 Å². The number of carbonyl (C=O) groups is 2. The van der Waals surface area contributed by atoms with Gasteiger partial charge in [-0.2, -0.15) is 0 Å². The lowest BCUT2D eigenvalue weighted by molar-refractivity contribution is -0.0726. The number of ketones is 1. The van der Waals surface area contributed by atoms with Crippen molar-refractivity contribution < 1.29 is 30.0 Å². The summed E-state index contributed by atoms with van der Waals surface area (Å²) in [7, 11) is 0. The average Bonchev–Trinajstić information content (AvgIpc) is 2.91. The number of aliphatic hydroxyl groups excluding tert-OH is 4. The standard InChI is InChI=1S/C26H28N4O8/c1-14-9-17-18(10-16(14)12-31)30(11-20(34)23(36)21(35)13-32)24-22(25(37)28-26(38)27-24)29(17)8-7-19(33)15-5-3-2-4-6-15/h2-6,9-10,12,20-21,23,32,34-36H,7-8,11,13H2,1H3,(H2,27,28,37,38)/t20-,21+,23-/m1/s1. The fourth-order valence-electron chi connectivity index (χ4n) is 4.47. The number of aryl methyl sites for hydroxylation is 1. The van der Waals surface area contributed by atoms with Crippen LogP contribution in [-0.2, 0) is 0 Å². The number of nitrogens with zero attached hydrogens (tertiary/aromatic N) is 2. The predicted octanol–water partition coefficient (Wildman–Crippen LogP) is 0.122. The molecule has 12 heteroatoms. The molecule has 6 N–H and O–H groups in total. The van der Waals surface area contributed by atoms with E-state index in [1.165, 1.54) is 11.0 Å². The van der Waals surface area contributed by atoms with Crippen molar-refractivity contribution in [2.45, 2.75) is 31.7 Å². The Morgan fingerprint density at radius 2 is 1.68 bits per heavy atom. The Morgan fingerprint density at radius 1 is 1.00 bits per heavy atom. The lowest BCUT2D eigenvalue weighted by Gasteiger charge is -2.40. The number of aldehydes is 1. The number of hydrogen-bond donors (Lipinski definition) is 6. The summed E-state index contributed by atoms with van der Waals surface area (Å²) in [5.74, 6) is -0.210. The van der Waals surface area contributed by atoms with Crippen molar-refractivity contribution in [2.75, 3.05) is 29.5 Å². The first kappa shape index (κ1) is 26.9. The monoisotopic (exact) mass is 524 g/mol. The highest BCUT2D eigenvalue weighted by atomic mass is 16.4. The van der Waals surface area contributed by atoms with Crippen LogP contribution in [0.4, 0.5) is 22.9 Å². The summed E-state index contributed by atoms with van der Waals surface area (Å²) < 4.78 is 0. The third-order valence-electron chi connectivity index (χ3n) is 6.51. The van der Waals surface area contributed by atoms with Gasteiger partial charge < -0.3 is 30.2 Å². The number of carbonyl (C=O) groups excluding carboxylic acids is 2. The molecule has 0 spiro atoms. The number of Topliss-reactive ketones (excluding diaryl/α,β-unsaturated/α-hetero) is 1. The predicted molar refractivity (Wildman–Crippen MR) is 139 cm³/mol. The van der Waals surface area contributed by atoms with Gasteiger partial charge in [-0.15, -0.1) is 0 Å². The van der Waals surface area contributed by atoms with Crippen LogP contribution in [0.15, 0.2) is 52.1 Å².